The maximum atomic E-state index is 10.8. The minimum Gasteiger partial charge on any atom is -0.497 e. The van der Waals surface area contributed by atoms with Gasteiger partial charge in [-0.3, -0.25) is 10.1 Å². The van der Waals surface area contributed by atoms with Gasteiger partial charge in [0.2, 0.25) is 5.75 Å². The van der Waals surface area contributed by atoms with Crippen LogP contribution in [0.25, 0.3) is 0 Å². The zero-order valence-corrected chi connectivity index (χ0v) is 10.6. The third kappa shape index (κ3) is 4.21. The van der Waals surface area contributed by atoms with Gasteiger partial charge >= 0.3 is 5.69 Å². The normalized spacial score (nSPS) is 10.1. The molecule has 0 aliphatic rings. The van der Waals surface area contributed by atoms with Gasteiger partial charge in [0.05, 0.1) is 12.0 Å². The molecule has 0 aliphatic carbocycles. The Hall–Kier alpha value is -1.82. The summed E-state index contributed by atoms with van der Waals surface area (Å²) < 4.78 is 10.4. The van der Waals surface area contributed by atoms with E-state index in [9.17, 15) is 10.1 Å². The molecule has 0 heterocycles. The molecule has 0 saturated heterocycles. The molecule has 1 rings (SSSR count). The first kappa shape index (κ1) is 14.2. The van der Waals surface area contributed by atoms with Crippen molar-refractivity contribution in [2.75, 3.05) is 26.8 Å². The number of nitro groups is 1. The van der Waals surface area contributed by atoms with Crippen molar-refractivity contribution < 1.29 is 14.4 Å². The molecule has 1 aromatic rings. The molecule has 0 fully saturated rings. The van der Waals surface area contributed by atoms with E-state index in [4.69, 9.17) is 9.47 Å². The van der Waals surface area contributed by atoms with Crippen LogP contribution in [0.5, 0.6) is 11.5 Å². The van der Waals surface area contributed by atoms with E-state index in [1.165, 1.54) is 19.2 Å². The van der Waals surface area contributed by atoms with Crippen molar-refractivity contribution in [2.45, 2.75) is 13.3 Å². The smallest absolute Gasteiger partial charge is 0.311 e. The third-order valence-electron chi connectivity index (χ3n) is 2.33. The van der Waals surface area contributed by atoms with Crippen molar-refractivity contribution in [3.8, 4) is 11.5 Å². The lowest BCUT2D eigenvalue weighted by Gasteiger charge is -2.08. The minimum atomic E-state index is -0.464. The van der Waals surface area contributed by atoms with Gasteiger partial charge in [-0.1, -0.05) is 6.92 Å². The summed E-state index contributed by atoms with van der Waals surface area (Å²) in [6.07, 6.45) is 1.04. The van der Waals surface area contributed by atoms with E-state index < -0.39 is 4.92 Å². The maximum absolute atomic E-state index is 10.8. The van der Waals surface area contributed by atoms with Crippen LogP contribution in [0, 0.1) is 10.1 Å². The van der Waals surface area contributed by atoms with Gasteiger partial charge in [0.25, 0.3) is 0 Å². The van der Waals surface area contributed by atoms with Crippen LogP contribution < -0.4 is 14.8 Å². The molecule has 6 nitrogen and oxygen atoms in total. The van der Waals surface area contributed by atoms with Crippen LogP contribution in [-0.4, -0.2) is 31.7 Å². The van der Waals surface area contributed by atoms with E-state index >= 15 is 0 Å². The second kappa shape index (κ2) is 7.50. The lowest BCUT2D eigenvalue weighted by atomic mass is 10.3. The fraction of sp³-hybridized carbons (Fsp3) is 0.500. The quantitative estimate of drug-likeness (QED) is 0.436. The molecule has 0 aliphatic heterocycles. The van der Waals surface area contributed by atoms with E-state index in [1.807, 2.05) is 0 Å². The average Bonchev–Trinajstić information content (AvgIpc) is 2.38. The molecule has 0 aromatic heterocycles. The summed E-state index contributed by atoms with van der Waals surface area (Å²) >= 11 is 0. The molecular formula is C12H18N2O4. The monoisotopic (exact) mass is 254 g/mol. The van der Waals surface area contributed by atoms with Gasteiger partial charge in [0.1, 0.15) is 12.4 Å². The van der Waals surface area contributed by atoms with Crippen LogP contribution in [-0.2, 0) is 0 Å². The van der Waals surface area contributed by atoms with Gasteiger partial charge in [-0.15, -0.1) is 0 Å². The second-order valence-electron chi connectivity index (χ2n) is 3.69. The predicted octanol–water partition coefficient (Wildman–Crippen LogP) is 1.98. The second-order valence-corrected chi connectivity index (χ2v) is 3.69. The number of nitro benzene ring substituents is 1. The largest absolute Gasteiger partial charge is 0.497 e. The average molecular weight is 254 g/mol. The summed E-state index contributed by atoms with van der Waals surface area (Å²) in [5, 5.41) is 14.0. The lowest BCUT2D eigenvalue weighted by molar-refractivity contribution is -0.385. The highest BCUT2D eigenvalue weighted by molar-refractivity contribution is 5.50. The van der Waals surface area contributed by atoms with E-state index in [-0.39, 0.29) is 11.4 Å². The molecule has 1 N–H and O–H groups in total. The lowest BCUT2D eigenvalue weighted by Crippen LogP contribution is -2.21. The highest BCUT2D eigenvalue weighted by Crippen LogP contribution is 2.30. The minimum absolute atomic E-state index is 0.0497. The summed E-state index contributed by atoms with van der Waals surface area (Å²) in [7, 11) is 1.51. The molecule has 0 amide bonds. The van der Waals surface area contributed by atoms with Crippen molar-refractivity contribution in [3.63, 3.8) is 0 Å². The zero-order chi connectivity index (χ0) is 13.4. The van der Waals surface area contributed by atoms with Crippen LogP contribution in [0.2, 0.25) is 0 Å². The Labute approximate surface area is 106 Å². The number of nitrogens with zero attached hydrogens (tertiary/aromatic N) is 1. The van der Waals surface area contributed by atoms with Crippen molar-refractivity contribution in [1.29, 1.82) is 0 Å². The molecule has 0 saturated carbocycles. The first-order chi connectivity index (χ1) is 8.69. The first-order valence-corrected chi connectivity index (χ1v) is 5.85. The van der Waals surface area contributed by atoms with Crippen LogP contribution in [0.3, 0.4) is 0 Å². The van der Waals surface area contributed by atoms with Gasteiger partial charge in [-0.05, 0) is 19.0 Å². The Morgan fingerprint density at radius 1 is 1.39 bits per heavy atom. The number of benzene rings is 1. The number of rotatable bonds is 8. The molecule has 0 bridgehead atoms. The molecule has 18 heavy (non-hydrogen) atoms. The highest BCUT2D eigenvalue weighted by Gasteiger charge is 2.15. The van der Waals surface area contributed by atoms with Gasteiger partial charge in [-0.25, -0.2) is 0 Å². The molecular weight excluding hydrogens is 236 g/mol. The number of methoxy groups -OCH3 is 1. The molecule has 0 spiro atoms. The summed E-state index contributed by atoms with van der Waals surface area (Å²) in [6.45, 7) is 4.01. The van der Waals surface area contributed by atoms with E-state index in [2.05, 4.69) is 12.2 Å². The van der Waals surface area contributed by atoms with E-state index in [0.717, 1.165) is 13.0 Å². The van der Waals surface area contributed by atoms with E-state index in [1.54, 1.807) is 6.07 Å². The Balaban J connectivity index is 2.63. The summed E-state index contributed by atoms with van der Waals surface area (Å²) in [4.78, 5) is 10.4. The Kier molecular flexibility index (Phi) is 5.93. The molecule has 0 unspecified atom stereocenters. The predicted molar refractivity (Wildman–Crippen MR) is 68.3 cm³/mol. The number of hydrogen-bond acceptors (Lipinski definition) is 5. The van der Waals surface area contributed by atoms with E-state index in [0.29, 0.717) is 18.9 Å². The summed E-state index contributed by atoms with van der Waals surface area (Å²) in [6, 6.07) is 4.45. The number of nitrogens with one attached hydrogen (secondary N) is 1. The van der Waals surface area contributed by atoms with Crippen molar-refractivity contribution in [1.82, 2.24) is 5.32 Å². The molecule has 0 radical (unpaired) electrons. The number of ether oxygens (including phenoxy) is 2. The standard InChI is InChI=1S/C12H18N2O4/c1-3-6-13-7-8-18-12-9-10(17-2)4-5-11(12)14(15)16/h4-5,9,13H,3,6-8H2,1-2H3. The first-order valence-electron chi connectivity index (χ1n) is 5.85. The Morgan fingerprint density at radius 3 is 2.78 bits per heavy atom. The topological polar surface area (TPSA) is 73.6 Å². The fourth-order valence-electron chi connectivity index (χ4n) is 1.42. The molecule has 6 heteroatoms. The van der Waals surface area contributed by atoms with Crippen LogP contribution in [0.1, 0.15) is 13.3 Å². The SMILES string of the molecule is CCCNCCOc1cc(OC)ccc1[N+](=O)[O-]. The summed E-state index contributed by atoms with van der Waals surface area (Å²) in [5.74, 6) is 0.773. The van der Waals surface area contributed by atoms with Gasteiger partial charge in [0.15, 0.2) is 0 Å². The summed E-state index contributed by atoms with van der Waals surface area (Å²) in [5.41, 5.74) is -0.0497. The van der Waals surface area contributed by atoms with Crippen molar-refractivity contribution in [3.05, 3.63) is 28.3 Å². The zero-order valence-electron chi connectivity index (χ0n) is 10.6. The van der Waals surface area contributed by atoms with Crippen LogP contribution in [0.15, 0.2) is 18.2 Å². The molecule has 0 atom stereocenters. The third-order valence-corrected chi connectivity index (χ3v) is 2.33. The van der Waals surface area contributed by atoms with Crippen molar-refractivity contribution >= 4 is 5.69 Å². The Morgan fingerprint density at radius 2 is 2.17 bits per heavy atom. The van der Waals surface area contributed by atoms with Crippen LogP contribution >= 0.6 is 0 Å². The molecule has 1 aromatic carbocycles. The maximum Gasteiger partial charge on any atom is 0.311 e. The fourth-order valence-corrected chi connectivity index (χ4v) is 1.42. The Bertz CT molecular complexity index is 396. The van der Waals surface area contributed by atoms with Gasteiger partial charge < -0.3 is 14.8 Å². The number of hydrogen-bond donors (Lipinski definition) is 1. The van der Waals surface area contributed by atoms with Crippen molar-refractivity contribution in [2.24, 2.45) is 0 Å². The van der Waals surface area contributed by atoms with Gasteiger partial charge in [-0.2, -0.15) is 0 Å². The molecule has 100 valence electrons. The van der Waals surface area contributed by atoms with Crippen LogP contribution in [0.4, 0.5) is 5.69 Å². The van der Waals surface area contributed by atoms with Gasteiger partial charge in [0, 0.05) is 18.7 Å². The highest BCUT2D eigenvalue weighted by atomic mass is 16.6.